The number of hydrogen-bond donors (Lipinski definition) is 1. The van der Waals surface area contributed by atoms with Crippen LogP contribution in [0.2, 0.25) is 0 Å². The number of anilines is 1. The highest BCUT2D eigenvalue weighted by molar-refractivity contribution is 9.10. The summed E-state index contributed by atoms with van der Waals surface area (Å²) in [5, 5.41) is 3.21. The molecule has 1 aliphatic heterocycles. The van der Waals surface area contributed by atoms with Gasteiger partial charge in [-0.05, 0) is 44.0 Å². The topological polar surface area (TPSA) is 12.0 Å². The van der Waals surface area contributed by atoms with E-state index in [0.29, 0.717) is 0 Å². The maximum absolute atomic E-state index is 13.7. The van der Waals surface area contributed by atoms with E-state index < -0.39 is 5.67 Å². The number of alkyl halides is 1. The van der Waals surface area contributed by atoms with Crippen LogP contribution in [-0.4, -0.2) is 11.7 Å². The molecule has 1 unspecified atom stereocenters. The maximum atomic E-state index is 13.7. The van der Waals surface area contributed by atoms with Crippen LogP contribution in [0.4, 0.5) is 10.1 Å². The number of fused-ring (bicyclic) bond motifs is 1. The van der Waals surface area contributed by atoms with Crippen LogP contribution >= 0.6 is 15.9 Å². The molecule has 14 heavy (non-hydrogen) atoms. The predicted octanol–water partition coefficient (Wildman–Crippen LogP) is 3.53. The van der Waals surface area contributed by atoms with Crippen molar-refractivity contribution in [2.45, 2.75) is 32.0 Å². The zero-order chi connectivity index (χ0) is 10.3. The Bertz CT molecular complexity index is 357. The molecule has 76 valence electrons. The first-order valence-corrected chi connectivity index (χ1v) is 5.50. The summed E-state index contributed by atoms with van der Waals surface area (Å²) in [4.78, 5) is 0. The zero-order valence-corrected chi connectivity index (χ0v) is 9.86. The van der Waals surface area contributed by atoms with Gasteiger partial charge in [-0.2, -0.15) is 0 Å². The van der Waals surface area contributed by atoms with Gasteiger partial charge in [0.2, 0.25) is 0 Å². The number of rotatable bonds is 1. The highest BCUT2D eigenvalue weighted by atomic mass is 79.9. The lowest BCUT2D eigenvalue weighted by molar-refractivity contribution is 0.187. The second-order valence-corrected chi connectivity index (χ2v) is 5.18. The van der Waals surface area contributed by atoms with Crippen molar-refractivity contribution in [3.8, 4) is 0 Å². The van der Waals surface area contributed by atoms with E-state index in [0.717, 1.165) is 16.6 Å². The largest absolute Gasteiger partial charge is 0.379 e. The molecule has 0 radical (unpaired) electrons. The third-order valence-electron chi connectivity index (χ3n) is 2.65. The molecule has 1 aromatic carbocycles. The molecule has 0 aromatic heterocycles. The van der Waals surface area contributed by atoms with Crippen LogP contribution in [0.15, 0.2) is 22.7 Å². The number of hydrogen-bond acceptors (Lipinski definition) is 1. The molecule has 0 amide bonds. The molecule has 0 aliphatic carbocycles. The fraction of sp³-hybridized carbons (Fsp3) is 0.455. The van der Waals surface area contributed by atoms with Crippen LogP contribution < -0.4 is 5.32 Å². The van der Waals surface area contributed by atoms with E-state index in [-0.39, 0.29) is 6.04 Å². The molecule has 0 saturated carbocycles. The van der Waals surface area contributed by atoms with Gasteiger partial charge in [-0.1, -0.05) is 15.9 Å². The summed E-state index contributed by atoms with van der Waals surface area (Å²) < 4.78 is 14.7. The quantitative estimate of drug-likeness (QED) is 0.812. The molecule has 2 rings (SSSR count). The van der Waals surface area contributed by atoms with Crippen LogP contribution in [0.1, 0.15) is 19.4 Å². The molecule has 3 heteroatoms. The van der Waals surface area contributed by atoms with Crippen molar-refractivity contribution in [3.05, 3.63) is 28.2 Å². The average molecular weight is 258 g/mol. The van der Waals surface area contributed by atoms with Crippen molar-refractivity contribution in [1.82, 2.24) is 0 Å². The Morgan fingerprint density at radius 1 is 1.50 bits per heavy atom. The molecule has 1 nitrogen and oxygen atoms in total. The van der Waals surface area contributed by atoms with Gasteiger partial charge in [0.15, 0.2) is 0 Å². The molecule has 0 bridgehead atoms. The van der Waals surface area contributed by atoms with E-state index in [2.05, 4.69) is 21.2 Å². The Labute approximate surface area is 91.8 Å². The normalized spacial score (nSPS) is 20.4. The van der Waals surface area contributed by atoms with E-state index in [9.17, 15) is 4.39 Å². The van der Waals surface area contributed by atoms with Gasteiger partial charge in [-0.3, -0.25) is 0 Å². The lowest BCUT2D eigenvalue weighted by Crippen LogP contribution is -2.36. The first-order chi connectivity index (χ1) is 6.47. The Balaban J connectivity index is 2.26. The van der Waals surface area contributed by atoms with Crippen molar-refractivity contribution in [1.29, 1.82) is 0 Å². The van der Waals surface area contributed by atoms with Crippen molar-refractivity contribution in [3.63, 3.8) is 0 Å². The molecule has 1 aromatic rings. The van der Waals surface area contributed by atoms with Crippen molar-refractivity contribution in [2.75, 3.05) is 5.32 Å². The third-order valence-corrected chi connectivity index (χ3v) is 3.14. The molecule has 0 spiro atoms. The van der Waals surface area contributed by atoms with Gasteiger partial charge >= 0.3 is 0 Å². The van der Waals surface area contributed by atoms with E-state index in [1.165, 1.54) is 5.56 Å². The summed E-state index contributed by atoms with van der Waals surface area (Å²) in [5.41, 5.74) is 1.07. The number of halogens is 2. The highest BCUT2D eigenvalue weighted by Crippen LogP contribution is 2.33. The van der Waals surface area contributed by atoms with E-state index in [4.69, 9.17) is 0 Å². The van der Waals surface area contributed by atoms with Gasteiger partial charge in [0, 0.05) is 10.2 Å². The number of benzene rings is 1. The zero-order valence-electron chi connectivity index (χ0n) is 8.27. The molecular formula is C11H13BrFN. The predicted molar refractivity (Wildman–Crippen MR) is 60.4 cm³/mol. The van der Waals surface area contributed by atoms with Gasteiger partial charge < -0.3 is 5.32 Å². The van der Waals surface area contributed by atoms with Crippen LogP contribution in [0, 0.1) is 0 Å². The molecular weight excluding hydrogens is 245 g/mol. The van der Waals surface area contributed by atoms with Crippen molar-refractivity contribution in [2.24, 2.45) is 0 Å². The van der Waals surface area contributed by atoms with Crippen molar-refractivity contribution < 1.29 is 4.39 Å². The summed E-state index contributed by atoms with van der Waals surface area (Å²) in [6.07, 6.45) is 0.762. The molecule has 1 atom stereocenters. The van der Waals surface area contributed by atoms with Gasteiger partial charge in [-0.25, -0.2) is 4.39 Å². The lowest BCUT2D eigenvalue weighted by Gasteiger charge is -2.22. The third kappa shape index (κ3) is 1.78. The SMILES string of the molecule is CC(C)(F)C1Cc2cc(Br)ccc2N1. The summed E-state index contributed by atoms with van der Waals surface area (Å²) in [6, 6.07) is 5.91. The Kier molecular flexibility index (Phi) is 2.30. The van der Waals surface area contributed by atoms with E-state index >= 15 is 0 Å². The van der Waals surface area contributed by atoms with Gasteiger partial charge in [0.25, 0.3) is 0 Å². The maximum Gasteiger partial charge on any atom is 0.125 e. The van der Waals surface area contributed by atoms with Crippen molar-refractivity contribution >= 4 is 21.6 Å². The van der Waals surface area contributed by atoms with Crippen LogP contribution in [0.3, 0.4) is 0 Å². The monoisotopic (exact) mass is 257 g/mol. The van der Waals surface area contributed by atoms with E-state index in [1.54, 1.807) is 13.8 Å². The van der Waals surface area contributed by atoms with Gasteiger partial charge in [-0.15, -0.1) is 0 Å². The summed E-state index contributed by atoms with van der Waals surface area (Å²) in [7, 11) is 0. The standard InChI is InChI=1S/C11H13BrFN/c1-11(2,13)10-6-7-5-8(12)3-4-9(7)14-10/h3-5,10,14H,6H2,1-2H3. The molecule has 0 saturated heterocycles. The smallest absolute Gasteiger partial charge is 0.125 e. The molecule has 1 heterocycles. The fourth-order valence-electron chi connectivity index (χ4n) is 1.74. The summed E-state index contributed by atoms with van der Waals surface area (Å²) in [6.45, 7) is 3.23. The van der Waals surface area contributed by atoms with Crippen LogP contribution in [0.25, 0.3) is 0 Å². The number of nitrogens with one attached hydrogen (secondary N) is 1. The van der Waals surface area contributed by atoms with E-state index in [1.807, 2.05) is 18.2 Å². The van der Waals surface area contributed by atoms with Gasteiger partial charge in [0.1, 0.15) is 5.67 Å². The van der Waals surface area contributed by atoms with Gasteiger partial charge in [0.05, 0.1) is 6.04 Å². The van der Waals surface area contributed by atoms with Crippen LogP contribution in [0.5, 0.6) is 0 Å². The molecule has 0 fully saturated rings. The first kappa shape index (κ1) is 9.97. The molecule has 1 N–H and O–H groups in total. The Morgan fingerprint density at radius 3 is 2.86 bits per heavy atom. The Morgan fingerprint density at radius 2 is 2.21 bits per heavy atom. The lowest BCUT2D eigenvalue weighted by atomic mass is 9.98. The highest BCUT2D eigenvalue weighted by Gasteiger charge is 2.33. The first-order valence-electron chi connectivity index (χ1n) is 4.71. The fourth-order valence-corrected chi connectivity index (χ4v) is 2.15. The minimum absolute atomic E-state index is 0.105. The summed E-state index contributed by atoms with van der Waals surface area (Å²) in [5.74, 6) is 0. The van der Waals surface area contributed by atoms with Crippen LogP contribution in [-0.2, 0) is 6.42 Å². The molecule has 1 aliphatic rings. The average Bonchev–Trinajstić information content (AvgIpc) is 2.45. The minimum Gasteiger partial charge on any atom is -0.379 e. The second kappa shape index (κ2) is 3.23. The Hall–Kier alpha value is -0.570. The minimum atomic E-state index is -1.18. The summed E-state index contributed by atoms with van der Waals surface area (Å²) >= 11 is 3.41. The second-order valence-electron chi connectivity index (χ2n) is 4.27.